The van der Waals surface area contributed by atoms with Crippen LogP contribution in [0.25, 0.3) is 0 Å². The molecule has 1 heteroatoms. The predicted molar refractivity (Wildman–Crippen MR) is 36.4 cm³/mol. The predicted octanol–water partition coefficient (Wildman–Crippen LogP) is 2.41. The molecule has 42 valence electrons. The minimum atomic E-state index is 0.866. The van der Waals surface area contributed by atoms with Crippen molar-refractivity contribution in [1.82, 2.24) is 0 Å². The van der Waals surface area contributed by atoms with Gasteiger partial charge in [-0.3, -0.25) is 0 Å². The third-order valence-electron chi connectivity index (χ3n) is 1.75. The summed E-state index contributed by atoms with van der Waals surface area (Å²) in [6.07, 6.45) is 1.32. The average Bonchev–Trinajstić information content (AvgIpc) is 2.09. The lowest BCUT2D eigenvalue weighted by Gasteiger charge is -2.20. The summed E-state index contributed by atoms with van der Waals surface area (Å²) >= 11 is 1.90. The van der Waals surface area contributed by atoms with E-state index in [0.717, 1.165) is 5.92 Å². The molecular weight excluding hydrogens is 116 g/mol. The Balaban J connectivity index is 2.53. The van der Waals surface area contributed by atoms with Crippen LogP contribution >= 0.6 is 11.3 Å². The van der Waals surface area contributed by atoms with Crippen molar-refractivity contribution in [1.29, 1.82) is 0 Å². The normalized spacial score (nSPS) is 24.4. The second kappa shape index (κ2) is 1.35. The van der Waals surface area contributed by atoms with Crippen LogP contribution in [0, 0.1) is 0 Å². The van der Waals surface area contributed by atoms with Crippen molar-refractivity contribution in [3.63, 3.8) is 0 Å². The third kappa shape index (κ3) is 0.402. The lowest BCUT2D eigenvalue weighted by molar-refractivity contribution is 0.690. The SMILES string of the molecule is C[C@@H]1Cc2ccsc21. The summed E-state index contributed by atoms with van der Waals surface area (Å²) in [6, 6.07) is 2.24. The molecule has 0 fully saturated rings. The highest BCUT2D eigenvalue weighted by atomic mass is 32.1. The van der Waals surface area contributed by atoms with Crippen LogP contribution in [-0.2, 0) is 6.42 Å². The van der Waals surface area contributed by atoms with Gasteiger partial charge in [-0.1, -0.05) is 6.92 Å². The maximum atomic E-state index is 2.29. The van der Waals surface area contributed by atoms with Gasteiger partial charge in [0.25, 0.3) is 0 Å². The summed E-state index contributed by atoms with van der Waals surface area (Å²) in [5.41, 5.74) is 1.59. The lowest BCUT2D eigenvalue weighted by Crippen LogP contribution is -2.08. The molecule has 1 aromatic heterocycles. The highest BCUT2D eigenvalue weighted by Crippen LogP contribution is 2.38. The van der Waals surface area contributed by atoms with Crippen molar-refractivity contribution in [2.24, 2.45) is 0 Å². The molecule has 0 saturated heterocycles. The molecule has 0 N–H and O–H groups in total. The minimum absolute atomic E-state index is 0.866. The van der Waals surface area contributed by atoms with E-state index in [1.807, 2.05) is 11.3 Å². The second-order valence-electron chi connectivity index (χ2n) is 2.42. The van der Waals surface area contributed by atoms with Crippen LogP contribution in [0.1, 0.15) is 23.3 Å². The Labute approximate surface area is 53.2 Å². The molecule has 1 heterocycles. The van der Waals surface area contributed by atoms with Crippen LogP contribution in [0.5, 0.6) is 0 Å². The molecule has 2 rings (SSSR count). The van der Waals surface area contributed by atoms with Gasteiger partial charge < -0.3 is 0 Å². The summed E-state index contributed by atoms with van der Waals surface area (Å²) in [4.78, 5) is 1.62. The van der Waals surface area contributed by atoms with Gasteiger partial charge in [0.15, 0.2) is 0 Å². The van der Waals surface area contributed by atoms with Crippen molar-refractivity contribution in [3.05, 3.63) is 21.9 Å². The lowest BCUT2D eigenvalue weighted by atomic mass is 9.87. The first kappa shape index (κ1) is 4.57. The molecule has 1 aliphatic rings. The zero-order valence-corrected chi connectivity index (χ0v) is 5.66. The van der Waals surface area contributed by atoms with E-state index < -0.39 is 0 Å². The van der Waals surface area contributed by atoms with Crippen LogP contribution in [0.15, 0.2) is 11.4 Å². The molecule has 0 spiro atoms. The first-order chi connectivity index (χ1) is 3.88. The van der Waals surface area contributed by atoms with Gasteiger partial charge in [-0.05, 0) is 29.3 Å². The average molecular weight is 124 g/mol. The topological polar surface area (TPSA) is 0 Å². The molecule has 8 heavy (non-hydrogen) atoms. The fraction of sp³-hybridized carbons (Fsp3) is 0.429. The quantitative estimate of drug-likeness (QED) is 0.498. The molecule has 0 aromatic carbocycles. The van der Waals surface area contributed by atoms with E-state index in [2.05, 4.69) is 18.4 Å². The highest BCUT2D eigenvalue weighted by molar-refractivity contribution is 7.10. The maximum absolute atomic E-state index is 2.29. The zero-order valence-electron chi connectivity index (χ0n) is 4.85. The molecule has 1 atom stereocenters. The number of rotatable bonds is 0. The summed E-state index contributed by atoms with van der Waals surface area (Å²) in [5, 5.41) is 2.19. The van der Waals surface area contributed by atoms with Crippen molar-refractivity contribution >= 4 is 11.3 Å². The molecule has 1 aromatic rings. The molecule has 0 amide bonds. The number of fused-ring (bicyclic) bond motifs is 1. The Kier molecular flexibility index (Phi) is 0.770. The van der Waals surface area contributed by atoms with E-state index in [9.17, 15) is 0 Å². The Hall–Kier alpha value is -0.300. The van der Waals surface area contributed by atoms with E-state index in [-0.39, 0.29) is 0 Å². The van der Waals surface area contributed by atoms with Gasteiger partial charge in [0.2, 0.25) is 0 Å². The fourth-order valence-electron chi connectivity index (χ4n) is 1.24. The monoisotopic (exact) mass is 124 g/mol. The summed E-state index contributed by atoms with van der Waals surface area (Å²) < 4.78 is 0. The molecule has 0 unspecified atom stereocenters. The molecular formula is C7H8S. The highest BCUT2D eigenvalue weighted by Gasteiger charge is 2.22. The van der Waals surface area contributed by atoms with Crippen LogP contribution < -0.4 is 0 Å². The first-order valence-electron chi connectivity index (χ1n) is 2.94. The minimum Gasteiger partial charge on any atom is -0.148 e. The second-order valence-corrected chi connectivity index (χ2v) is 3.36. The largest absolute Gasteiger partial charge is 0.148 e. The van der Waals surface area contributed by atoms with E-state index in [1.54, 1.807) is 10.4 Å². The van der Waals surface area contributed by atoms with Gasteiger partial charge >= 0.3 is 0 Å². The molecule has 0 saturated carbocycles. The molecule has 0 aliphatic heterocycles. The smallest absolute Gasteiger partial charge is 0.0109 e. The van der Waals surface area contributed by atoms with Gasteiger partial charge in [-0.25, -0.2) is 0 Å². The van der Waals surface area contributed by atoms with Crippen molar-refractivity contribution in [3.8, 4) is 0 Å². The Bertz CT molecular complexity index is 200. The van der Waals surface area contributed by atoms with Crippen molar-refractivity contribution < 1.29 is 0 Å². The number of thiophene rings is 1. The molecule has 0 bridgehead atoms. The number of hydrogen-bond acceptors (Lipinski definition) is 1. The standard InChI is InChI=1S/C7H8S/c1-5-4-6-2-3-8-7(5)6/h2-3,5H,4H2,1H3/t5-/m1/s1. The fourth-order valence-corrected chi connectivity index (χ4v) is 2.24. The summed E-state index contributed by atoms with van der Waals surface area (Å²) in [7, 11) is 0. The molecule has 1 aliphatic carbocycles. The van der Waals surface area contributed by atoms with Crippen LogP contribution in [0.4, 0.5) is 0 Å². The van der Waals surface area contributed by atoms with Crippen LogP contribution in [-0.4, -0.2) is 0 Å². The van der Waals surface area contributed by atoms with E-state index >= 15 is 0 Å². The molecule has 0 radical (unpaired) electrons. The number of hydrogen-bond donors (Lipinski definition) is 0. The van der Waals surface area contributed by atoms with E-state index in [0.29, 0.717) is 0 Å². The third-order valence-corrected chi connectivity index (χ3v) is 2.95. The Morgan fingerprint density at radius 3 is 3.12 bits per heavy atom. The van der Waals surface area contributed by atoms with Gasteiger partial charge in [0, 0.05) is 4.88 Å². The van der Waals surface area contributed by atoms with E-state index in [4.69, 9.17) is 0 Å². The Morgan fingerprint density at radius 1 is 1.75 bits per heavy atom. The van der Waals surface area contributed by atoms with Gasteiger partial charge in [-0.2, -0.15) is 0 Å². The van der Waals surface area contributed by atoms with E-state index in [1.165, 1.54) is 6.42 Å². The summed E-state index contributed by atoms with van der Waals surface area (Å²) in [6.45, 7) is 2.29. The van der Waals surface area contributed by atoms with Crippen LogP contribution in [0.3, 0.4) is 0 Å². The Morgan fingerprint density at radius 2 is 2.62 bits per heavy atom. The molecule has 0 nitrogen and oxygen atoms in total. The summed E-state index contributed by atoms with van der Waals surface area (Å²) in [5.74, 6) is 0.866. The van der Waals surface area contributed by atoms with Gasteiger partial charge in [0.05, 0.1) is 0 Å². The maximum Gasteiger partial charge on any atom is 0.0109 e. The van der Waals surface area contributed by atoms with Crippen molar-refractivity contribution in [2.45, 2.75) is 19.3 Å². The zero-order chi connectivity index (χ0) is 5.56. The van der Waals surface area contributed by atoms with Crippen molar-refractivity contribution in [2.75, 3.05) is 0 Å². The van der Waals surface area contributed by atoms with Gasteiger partial charge in [0.1, 0.15) is 0 Å². The van der Waals surface area contributed by atoms with Crippen LogP contribution in [0.2, 0.25) is 0 Å². The van der Waals surface area contributed by atoms with Gasteiger partial charge in [-0.15, -0.1) is 11.3 Å². The first-order valence-corrected chi connectivity index (χ1v) is 3.82.